The molecule has 0 aliphatic carbocycles. The molecule has 0 saturated heterocycles. The van der Waals surface area contributed by atoms with Gasteiger partial charge in [-0.05, 0) is 33.5 Å². The zero-order chi connectivity index (χ0) is 14.8. The van der Waals surface area contributed by atoms with Crippen LogP contribution in [0.5, 0.6) is 0 Å². The number of carbonyl (C=O) groups excluding carboxylic acids is 1. The molecule has 1 atom stereocenters. The van der Waals surface area contributed by atoms with Crippen molar-refractivity contribution in [3.63, 3.8) is 0 Å². The SMILES string of the molecule is COC(=O)[C@H](N)Cc1cc2ccccc2c2ccccc12. The molecule has 0 radical (unpaired) electrons. The van der Waals surface area contributed by atoms with Gasteiger partial charge in [0.2, 0.25) is 0 Å². The summed E-state index contributed by atoms with van der Waals surface area (Å²) in [6.45, 7) is 0. The highest BCUT2D eigenvalue weighted by Crippen LogP contribution is 2.29. The van der Waals surface area contributed by atoms with Crippen molar-refractivity contribution in [2.45, 2.75) is 12.5 Å². The molecule has 0 amide bonds. The number of carbonyl (C=O) groups is 1. The Morgan fingerprint density at radius 1 is 1.05 bits per heavy atom. The molecule has 0 spiro atoms. The zero-order valence-electron chi connectivity index (χ0n) is 11.9. The lowest BCUT2D eigenvalue weighted by Gasteiger charge is -2.13. The summed E-state index contributed by atoms with van der Waals surface area (Å²) in [5.74, 6) is -0.382. The lowest BCUT2D eigenvalue weighted by atomic mass is 9.94. The lowest BCUT2D eigenvalue weighted by molar-refractivity contribution is -0.142. The fourth-order valence-electron chi connectivity index (χ4n) is 2.77. The van der Waals surface area contributed by atoms with Gasteiger partial charge in [-0.3, -0.25) is 4.79 Å². The zero-order valence-corrected chi connectivity index (χ0v) is 11.9. The number of esters is 1. The molecule has 3 aromatic carbocycles. The van der Waals surface area contributed by atoms with Crippen LogP contribution < -0.4 is 5.73 Å². The van der Waals surface area contributed by atoms with Gasteiger partial charge in [0.25, 0.3) is 0 Å². The Balaban J connectivity index is 2.18. The molecule has 106 valence electrons. The van der Waals surface area contributed by atoms with E-state index in [-0.39, 0.29) is 5.97 Å². The number of ether oxygens (including phenoxy) is 1. The summed E-state index contributed by atoms with van der Waals surface area (Å²) < 4.78 is 4.72. The van der Waals surface area contributed by atoms with Gasteiger partial charge in [-0.15, -0.1) is 0 Å². The summed E-state index contributed by atoms with van der Waals surface area (Å²) in [7, 11) is 1.36. The van der Waals surface area contributed by atoms with Gasteiger partial charge >= 0.3 is 5.97 Å². The molecule has 0 aliphatic heterocycles. The van der Waals surface area contributed by atoms with E-state index in [0.717, 1.165) is 16.3 Å². The molecule has 0 bridgehead atoms. The summed E-state index contributed by atoms with van der Waals surface area (Å²) in [6, 6.07) is 17.9. The number of nitrogens with two attached hydrogens (primary N) is 1. The number of fused-ring (bicyclic) bond motifs is 3. The van der Waals surface area contributed by atoms with Crippen molar-refractivity contribution in [2.24, 2.45) is 5.73 Å². The maximum Gasteiger partial charge on any atom is 0.322 e. The van der Waals surface area contributed by atoms with Crippen molar-refractivity contribution in [1.82, 2.24) is 0 Å². The normalized spacial score (nSPS) is 12.5. The van der Waals surface area contributed by atoms with E-state index in [1.165, 1.54) is 17.9 Å². The molecular weight excluding hydrogens is 262 g/mol. The Hall–Kier alpha value is -2.39. The Labute approximate surface area is 123 Å². The second-order valence-corrected chi connectivity index (χ2v) is 5.14. The van der Waals surface area contributed by atoms with Crippen LogP contribution in [0.4, 0.5) is 0 Å². The molecule has 21 heavy (non-hydrogen) atoms. The molecule has 3 nitrogen and oxygen atoms in total. The van der Waals surface area contributed by atoms with Gasteiger partial charge in [0.15, 0.2) is 0 Å². The minimum absolute atomic E-state index is 0.382. The number of methoxy groups -OCH3 is 1. The quantitative estimate of drug-likeness (QED) is 0.592. The van der Waals surface area contributed by atoms with E-state index in [1.54, 1.807) is 0 Å². The molecule has 3 aromatic rings. The van der Waals surface area contributed by atoms with Crippen molar-refractivity contribution in [3.05, 3.63) is 60.2 Å². The second-order valence-electron chi connectivity index (χ2n) is 5.14. The van der Waals surface area contributed by atoms with Crippen LogP contribution in [-0.4, -0.2) is 19.1 Å². The third-order valence-corrected chi connectivity index (χ3v) is 3.80. The molecule has 0 heterocycles. The Morgan fingerprint density at radius 2 is 1.67 bits per heavy atom. The van der Waals surface area contributed by atoms with Crippen LogP contribution >= 0.6 is 0 Å². The number of benzene rings is 3. The van der Waals surface area contributed by atoms with Crippen molar-refractivity contribution >= 4 is 27.5 Å². The highest BCUT2D eigenvalue weighted by molar-refractivity contribution is 6.09. The number of hydrogen-bond acceptors (Lipinski definition) is 3. The van der Waals surface area contributed by atoms with Crippen LogP contribution in [0.15, 0.2) is 54.6 Å². The van der Waals surface area contributed by atoms with Crippen LogP contribution in [0.1, 0.15) is 5.56 Å². The van der Waals surface area contributed by atoms with Gasteiger partial charge in [-0.1, -0.05) is 54.6 Å². The second kappa shape index (κ2) is 5.54. The Morgan fingerprint density at radius 3 is 2.38 bits per heavy atom. The standard InChI is InChI=1S/C18H17NO2/c1-21-18(20)17(19)11-13-10-12-6-2-3-7-14(12)16-9-5-4-8-15(13)16/h2-10,17H,11,19H2,1H3/t17-/m1/s1. The van der Waals surface area contributed by atoms with Gasteiger partial charge in [0.05, 0.1) is 7.11 Å². The molecule has 0 fully saturated rings. The Bertz CT molecular complexity index is 811. The van der Waals surface area contributed by atoms with Crippen molar-refractivity contribution in [2.75, 3.05) is 7.11 Å². The molecule has 2 N–H and O–H groups in total. The van der Waals surface area contributed by atoms with Gasteiger partial charge in [0, 0.05) is 0 Å². The first-order valence-electron chi connectivity index (χ1n) is 6.93. The van der Waals surface area contributed by atoms with Gasteiger partial charge in [-0.2, -0.15) is 0 Å². The van der Waals surface area contributed by atoms with Crippen molar-refractivity contribution in [1.29, 1.82) is 0 Å². The monoisotopic (exact) mass is 279 g/mol. The van der Waals surface area contributed by atoms with E-state index in [2.05, 4.69) is 30.3 Å². The average molecular weight is 279 g/mol. The highest BCUT2D eigenvalue weighted by atomic mass is 16.5. The molecule has 0 aromatic heterocycles. The minimum Gasteiger partial charge on any atom is -0.468 e. The molecule has 3 heteroatoms. The van der Waals surface area contributed by atoms with Crippen molar-refractivity contribution < 1.29 is 9.53 Å². The lowest BCUT2D eigenvalue weighted by Crippen LogP contribution is -2.33. The molecule has 0 unspecified atom stereocenters. The smallest absolute Gasteiger partial charge is 0.322 e. The molecule has 0 aliphatic rings. The largest absolute Gasteiger partial charge is 0.468 e. The van der Waals surface area contributed by atoms with Crippen LogP contribution in [0.25, 0.3) is 21.5 Å². The third kappa shape index (κ3) is 2.48. The van der Waals surface area contributed by atoms with Gasteiger partial charge in [0.1, 0.15) is 6.04 Å². The third-order valence-electron chi connectivity index (χ3n) is 3.80. The van der Waals surface area contributed by atoms with Crippen molar-refractivity contribution in [3.8, 4) is 0 Å². The first-order valence-corrected chi connectivity index (χ1v) is 6.93. The first-order chi connectivity index (χ1) is 10.2. The molecule has 3 rings (SSSR count). The number of hydrogen-bond donors (Lipinski definition) is 1. The van der Waals surface area contributed by atoms with Crippen LogP contribution in [0, 0.1) is 0 Å². The summed E-state index contributed by atoms with van der Waals surface area (Å²) in [5.41, 5.74) is 6.99. The van der Waals surface area contributed by atoms with Crippen LogP contribution in [0.2, 0.25) is 0 Å². The highest BCUT2D eigenvalue weighted by Gasteiger charge is 2.16. The van der Waals surface area contributed by atoms with E-state index in [9.17, 15) is 4.79 Å². The predicted molar refractivity (Wildman–Crippen MR) is 85.1 cm³/mol. The van der Waals surface area contributed by atoms with E-state index < -0.39 is 6.04 Å². The maximum atomic E-state index is 11.6. The summed E-state index contributed by atoms with van der Waals surface area (Å²) in [5, 5.41) is 4.69. The topological polar surface area (TPSA) is 52.3 Å². The van der Waals surface area contributed by atoms with E-state index in [4.69, 9.17) is 10.5 Å². The van der Waals surface area contributed by atoms with Gasteiger partial charge in [-0.25, -0.2) is 0 Å². The minimum atomic E-state index is -0.639. The molecule has 0 saturated carbocycles. The van der Waals surface area contributed by atoms with E-state index >= 15 is 0 Å². The van der Waals surface area contributed by atoms with Crippen LogP contribution in [0.3, 0.4) is 0 Å². The average Bonchev–Trinajstić information content (AvgIpc) is 2.54. The van der Waals surface area contributed by atoms with Gasteiger partial charge < -0.3 is 10.5 Å². The number of rotatable bonds is 3. The fraction of sp³-hybridized carbons (Fsp3) is 0.167. The Kier molecular flexibility index (Phi) is 3.59. The van der Waals surface area contributed by atoms with E-state index in [0.29, 0.717) is 6.42 Å². The summed E-state index contributed by atoms with van der Waals surface area (Å²) in [6.07, 6.45) is 0.470. The predicted octanol–water partition coefficient (Wildman–Crippen LogP) is 3.04. The summed E-state index contributed by atoms with van der Waals surface area (Å²) in [4.78, 5) is 11.6. The summed E-state index contributed by atoms with van der Waals surface area (Å²) >= 11 is 0. The molecular formula is C18H17NO2. The van der Waals surface area contributed by atoms with E-state index in [1.807, 2.05) is 24.3 Å². The van der Waals surface area contributed by atoms with Crippen LogP contribution in [-0.2, 0) is 16.0 Å². The fourth-order valence-corrected chi connectivity index (χ4v) is 2.77. The first kappa shape index (κ1) is 13.6. The maximum absolute atomic E-state index is 11.6.